The molecular weight excluding hydrogens is 319 g/mol. The highest BCUT2D eigenvalue weighted by molar-refractivity contribution is 9.10. The van der Waals surface area contributed by atoms with Gasteiger partial charge in [0.05, 0.1) is 10.6 Å². The SMILES string of the molecule is Cc1ccc(CCC(O)Cc2ccc(F)c(Br)c2)cc1. The molecule has 1 unspecified atom stereocenters. The Morgan fingerprint density at radius 2 is 1.75 bits per heavy atom. The van der Waals surface area contributed by atoms with Gasteiger partial charge in [-0.25, -0.2) is 4.39 Å². The lowest BCUT2D eigenvalue weighted by molar-refractivity contribution is 0.165. The van der Waals surface area contributed by atoms with Crippen LogP contribution in [-0.2, 0) is 12.8 Å². The van der Waals surface area contributed by atoms with Crippen LogP contribution >= 0.6 is 15.9 Å². The predicted molar refractivity (Wildman–Crippen MR) is 83.3 cm³/mol. The highest BCUT2D eigenvalue weighted by Crippen LogP contribution is 2.18. The van der Waals surface area contributed by atoms with Gasteiger partial charge in [0.1, 0.15) is 5.82 Å². The van der Waals surface area contributed by atoms with Crippen molar-refractivity contribution in [2.75, 3.05) is 0 Å². The van der Waals surface area contributed by atoms with Gasteiger partial charge in [0, 0.05) is 0 Å². The van der Waals surface area contributed by atoms with E-state index in [9.17, 15) is 9.50 Å². The molecule has 1 atom stereocenters. The van der Waals surface area contributed by atoms with E-state index in [0.29, 0.717) is 17.3 Å². The number of halogens is 2. The van der Waals surface area contributed by atoms with Gasteiger partial charge in [0.25, 0.3) is 0 Å². The standard InChI is InChI=1S/C17H18BrFO/c1-12-2-4-13(5-3-12)6-8-15(20)10-14-7-9-17(19)16(18)11-14/h2-5,7,9,11,15,20H,6,8,10H2,1H3. The van der Waals surface area contributed by atoms with Gasteiger partial charge in [-0.15, -0.1) is 0 Å². The maximum atomic E-state index is 13.1. The summed E-state index contributed by atoms with van der Waals surface area (Å²) in [5, 5.41) is 10.1. The Bertz CT molecular complexity index is 566. The summed E-state index contributed by atoms with van der Waals surface area (Å²) in [6, 6.07) is 13.2. The molecule has 2 aromatic rings. The lowest BCUT2D eigenvalue weighted by atomic mass is 10.0. The van der Waals surface area contributed by atoms with E-state index in [2.05, 4.69) is 47.1 Å². The third kappa shape index (κ3) is 4.43. The first-order valence-corrected chi connectivity index (χ1v) is 7.51. The van der Waals surface area contributed by atoms with Gasteiger partial charge >= 0.3 is 0 Å². The fourth-order valence-corrected chi connectivity index (χ4v) is 2.55. The number of aryl methyl sites for hydroxylation is 2. The van der Waals surface area contributed by atoms with Crippen LogP contribution in [0, 0.1) is 12.7 Å². The highest BCUT2D eigenvalue weighted by atomic mass is 79.9. The molecular formula is C17H18BrFO. The molecule has 2 aromatic carbocycles. The van der Waals surface area contributed by atoms with Gasteiger partial charge in [-0.3, -0.25) is 0 Å². The molecule has 1 nitrogen and oxygen atoms in total. The first-order valence-electron chi connectivity index (χ1n) is 6.72. The first kappa shape index (κ1) is 15.2. The number of aliphatic hydroxyl groups excluding tert-OH is 1. The average Bonchev–Trinajstić information content (AvgIpc) is 2.42. The minimum absolute atomic E-state index is 0.275. The van der Waals surface area contributed by atoms with Crippen LogP contribution in [0.1, 0.15) is 23.1 Å². The van der Waals surface area contributed by atoms with Crippen LogP contribution in [-0.4, -0.2) is 11.2 Å². The second-order valence-corrected chi connectivity index (χ2v) is 5.99. The molecule has 106 valence electrons. The molecule has 2 rings (SSSR count). The van der Waals surface area contributed by atoms with E-state index >= 15 is 0 Å². The predicted octanol–water partition coefficient (Wildman–Crippen LogP) is 4.43. The van der Waals surface area contributed by atoms with E-state index in [0.717, 1.165) is 12.0 Å². The molecule has 0 radical (unpaired) electrons. The summed E-state index contributed by atoms with van der Waals surface area (Å²) in [5.41, 5.74) is 3.41. The number of aliphatic hydroxyl groups is 1. The van der Waals surface area contributed by atoms with Crippen molar-refractivity contribution in [2.24, 2.45) is 0 Å². The molecule has 0 saturated heterocycles. The number of benzene rings is 2. The molecule has 3 heteroatoms. The Labute approximate surface area is 127 Å². The summed E-state index contributed by atoms with van der Waals surface area (Å²) in [4.78, 5) is 0. The Kier molecular flexibility index (Phi) is 5.32. The number of rotatable bonds is 5. The van der Waals surface area contributed by atoms with E-state index < -0.39 is 6.10 Å². The summed E-state index contributed by atoms with van der Waals surface area (Å²) >= 11 is 3.16. The Hall–Kier alpha value is -1.19. The van der Waals surface area contributed by atoms with E-state index in [1.807, 2.05) is 0 Å². The maximum Gasteiger partial charge on any atom is 0.137 e. The monoisotopic (exact) mass is 336 g/mol. The van der Waals surface area contributed by atoms with Crippen molar-refractivity contribution < 1.29 is 9.50 Å². The van der Waals surface area contributed by atoms with Crippen molar-refractivity contribution in [3.8, 4) is 0 Å². The van der Waals surface area contributed by atoms with Gasteiger partial charge in [0.15, 0.2) is 0 Å². The van der Waals surface area contributed by atoms with Crippen molar-refractivity contribution >= 4 is 15.9 Å². The van der Waals surface area contributed by atoms with Crippen LogP contribution in [0.15, 0.2) is 46.9 Å². The van der Waals surface area contributed by atoms with Gasteiger partial charge in [0.2, 0.25) is 0 Å². The van der Waals surface area contributed by atoms with Gasteiger partial charge in [-0.1, -0.05) is 35.9 Å². The van der Waals surface area contributed by atoms with Crippen LogP contribution in [0.3, 0.4) is 0 Å². The van der Waals surface area contributed by atoms with Crippen molar-refractivity contribution in [3.63, 3.8) is 0 Å². The van der Waals surface area contributed by atoms with Crippen molar-refractivity contribution in [1.82, 2.24) is 0 Å². The molecule has 1 N–H and O–H groups in total. The Morgan fingerprint density at radius 3 is 2.40 bits per heavy atom. The largest absolute Gasteiger partial charge is 0.393 e. The number of hydrogen-bond donors (Lipinski definition) is 1. The summed E-state index contributed by atoms with van der Waals surface area (Å²) in [6.45, 7) is 2.06. The van der Waals surface area contributed by atoms with Crippen LogP contribution in [0.4, 0.5) is 4.39 Å². The molecule has 0 spiro atoms. The molecule has 0 aromatic heterocycles. The van der Waals surface area contributed by atoms with E-state index in [1.54, 1.807) is 12.1 Å². The summed E-state index contributed by atoms with van der Waals surface area (Å²) in [6.07, 6.45) is 1.70. The zero-order valence-electron chi connectivity index (χ0n) is 11.4. The zero-order valence-corrected chi connectivity index (χ0v) is 13.0. The quantitative estimate of drug-likeness (QED) is 0.856. The van der Waals surface area contributed by atoms with Crippen molar-refractivity contribution in [3.05, 3.63) is 69.4 Å². The second kappa shape index (κ2) is 7.00. The Morgan fingerprint density at radius 1 is 1.10 bits per heavy atom. The molecule has 0 aliphatic carbocycles. The smallest absolute Gasteiger partial charge is 0.137 e. The first-order chi connectivity index (χ1) is 9.54. The second-order valence-electron chi connectivity index (χ2n) is 5.13. The van der Waals surface area contributed by atoms with Crippen molar-refractivity contribution in [2.45, 2.75) is 32.3 Å². The molecule has 0 amide bonds. The summed E-state index contributed by atoms with van der Waals surface area (Å²) < 4.78 is 13.6. The maximum absolute atomic E-state index is 13.1. The van der Waals surface area contributed by atoms with Gasteiger partial charge < -0.3 is 5.11 Å². The van der Waals surface area contributed by atoms with Crippen LogP contribution < -0.4 is 0 Å². The Balaban J connectivity index is 1.87. The summed E-state index contributed by atoms with van der Waals surface area (Å²) in [5.74, 6) is -0.275. The van der Waals surface area contributed by atoms with Gasteiger partial charge in [-0.05, 0) is 65.4 Å². The van der Waals surface area contributed by atoms with E-state index in [-0.39, 0.29) is 5.82 Å². The highest BCUT2D eigenvalue weighted by Gasteiger charge is 2.08. The minimum atomic E-state index is -0.409. The third-order valence-corrected chi connectivity index (χ3v) is 3.95. The molecule has 0 saturated carbocycles. The topological polar surface area (TPSA) is 20.2 Å². The fourth-order valence-electron chi connectivity index (χ4n) is 2.13. The van der Waals surface area contributed by atoms with E-state index in [1.165, 1.54) is 17.2 Å². The molecule has 0 heterocycles. The van der Waals surface area contributed by atoms with Crippen LogP contribution in [0.5, 0.6) is 0 Å². The minimum Gasteiger partial charge on any atom is -0.393 e. The molecule has 20 heavy (non-hydrogen) atoms. The van der Waals surface area contributed by atoms with Gasteiger partial charge in [-0.2, -0.15) is 0 Å². The lowest BCUT2D eigenvalue weighted by Gasteiger charge is -2.11. The normalized spacial score (nSPS) is 12.4. The molecule has 0 aliphatic rings. The molecule has 0 bridgehead atoms. The summed E-state index contributed by atoms with van der Waals surface area (Å²) in [7, 11) is 0. The van der Waals surface area contributed by atoms with Crippen molar-refractivity contribution in [1.29, 1.82) is 0 Å². The lowest BCUT2D eigenvalue weighted by Crippen LogP contribution is -2.11. The molecule has 0 aliphatic heterocycles. The average molecular weight is 337 g/mol. The molecule has 0 fully saturated rings. The number of hydrogen-bond acceptors (Lipinski definition) is 1. The third-order valence-electron chi connectivity index (χ3n) is 3.34. The fraction of sp³-hybridized carbons (Fsp3) is 0.294. The zero-order chi connectivity index (χ0) is 14.5. The van der Waals surface area contributed by atoms with Crippen LogP contribution in [0.2, 0.25) is 0 Å². The van der Waals surface area contributed by atoms with E-state index in [4.69, 9.17) is 0 Å². The van der Waals surface area contributed by atoms with Crippen LogP contribution in [0.25, 0.3) is 0 Å².